The van der Waals surface area contributed by atoms with Gasteiger partial charge in [0.25, 0.3) is 0 Å². The van der Waals surface area contributed by atoms with Gasteiger partial charge in [0.15, 0.2) is 0 Å². The molecule has 2 unspecified atom stereocenters. The van der Waals surface area contributed by atoms with Crippen LogP contribution in [0.4, 0.5) is 0 Å². The first-order chi connectivity index (χ1) is 6.21. The van der Waals surface area contributed by atoms with E-state index in [2.05, 4.69) is 4.98 Å². The molecule has 0 spiro atoms. The van der Waals surface area contributed by atoms with Gasteiger partial charge in [0.1, 0.15) is 5.60 Å². The highest BCUT2D eigenvalue weighted by atomic mass is 16.5. The molecule has 1 saturated heterocycles. The van der Waals surface area contributed by atoms with Crippen LogP contribution in [0.15, 0.2) is 18.3 Å². The Morgan fingerprint density at radius 2 is 2.54 bits per heavy atom. The standard InChI is InChI=1S/C10H15NO2/c1-8-4-5-10(12,7-13-8)9-3-2-6-11-9/h2-3,6,8,11-12H,4-5,7H2,1H3. The fraction of sp³-hybridized carbons (Fsp3) is 0.600. The van der Waals surface area contributed by atoms with E-state index >= 15 is 0 Å². The largest absolute Gasteiger partial charge is 0.381 e. The SMILES string of the molecule is CC1CCC(O)(c2ccc[nH]2)CO1. The average Bonchev–Trinajstić information content (AvgIpc) is 2.63. The molecule has 2 heterocycles. The summed E-state index contributed by atoms with van der Waals surface area (Å²) in [5, 5.41) is 10.2. The number of ether oxygens (including phenoxy) is 1. The molecule has 0 saturated carbocycles. The van der Waals surface area contributed by atoms with E-state index in [9.17, 15) is 5.11 Å². The van der Waals surface area contributed by atoms with Crippen LogP contribution in [0.25, 0.3) is 0 Å². The van der Waals surface area contributed by atoms with Crippen molar-refractivity contribution in [1.29, 1.82) is 0 Å². The summed E-state index contributed by atoms with van der Waals surface area (Å²) >= 11 is 0. The zero-order valence-electron chi connectivity index (χ0n) is 7.79. The minimum absolute atomic E-state index is 0.273. The summed E-state index contributed by atoms with van der Waals surface area (Å²) in [4.78, 5) is 3.03. The van der Waals surface area contributed by atoms with E-state index in [0.29, 0.717) is 6.61 Å². The monoisotopic (exact) mass is 181 g/mol. The van der Waals surface area contributed by atoms with Gasteiger partial charge in [-0.05, 0) is 31.9 Å². The Labute approximate surface area is 77.7 Å². The molecule has 13 heavy (non-hydrogen) atoms. The Hall–Kier alpha value is -0.800. The van der Waals surface area contributed by atoms with Crippen LogP contribution in [0.2, 0.25) is 0 Å². The fourth-order valence-corrected chi connectivity index (χ4v) is 1.71. The molecule has 2 atom stereocenters. The van der Waals surface area contributed by atoms with Crippen molar-refractivity contribution in [3.05, 3.63) is 24.0 Å². The highest BCUT2D eigenvalue weighted by Gasteiger charge is 2.34. The number of H-pyrrole nitrogens is 1. The van der Waals surface area contributed by atoms with E-state index < -0.39 is 5.60 Å². The number of aromatic amines is 1. The van der Waals surface area contributed by atoms with Gasteiger partial charge in [-0.2, -0.15) is 0 Å². The topological polar surface area (TPSA) is 45.2 Å². The summed E-state index contributed by atoms with van der Waals surface area (Å²) < 4.78 is 5.45. The molecule has 0 bridgehead atoms. The number of rotatable bonds is 1. The lowest BCUT2D eigenvalue weighted by atomic mass is 9.91. The van der Waals surface area contributed by atoms with Gasteiger partial charge in [-0.25, -0.2) is 0 Å². The predicted molar refractivity (Wildman–Crippen MR) is 49.3 cm³/mol. The molecule has 0 aromatic carbocycles. The zero-order chi connectivity index (χ0) is 9.31. The van der Waals surface area contributed by atoms with Crippen LogP contribution in [0.3, 0.4) is 0 Å². The van der Waals surface area contributed by atoms with Crippen LogP contribution in [0.1, 0.15) is 25.5 Å². The average molecular weight is 181 g/mol. The van der Waals surface area contributed by atoms with Crippen molar-refractivity contribution in [3.8, 4) is 0 Å². The molecule has 0 radical (unpaired) electrons. The molecule has 1 aliphatic heterocycles. The first kappa shape index (κ1) is 8.78. The van der Waals surface area contributed by atoms with Crippen molar-refractivity contribution in [1.82, 2.24) is 4.98 Å². The molecule has 3 heteroatoms. The molecule has 3 nitrogen and oxygen atoms in total. The lowest BCUT2D eigenvalue weighted by Gasteiger charge is -2.34. The highest BCUT2D eigenvalue weighted by molar-refractivity contribution is 5.14. The lowest BCUT2D eigenvalue weighted by Crippen LogP contribution is -2.38. The Kier molecular flexibility index (Phi) is 2.14. The van der Waals surface area contributed by atoms with Gasteiger partial charge >= 0.3 is 0 Å². The van der Waals surface area contributed by atoms with Crippen molar-refractivity contribution >= 4 is 0 Å². The molecular weight excluding hydrogens is 166 g/mol. The van der Waals surface area contributed by atoms with Gasteiger partial charge in [0, 0.05) is 11.9 Å². The summed E-state index contributed by atoms with van der Waals surface area (Å²) in [5.41, 5.74) is 0.0649. The lowest BCUT2D eigenvalue weighted by molar-refractivity contribution is -0.120. The van der Waals surface area contributed by atoms with Gasteiger partial charge < -0.3 is 14.8 Å². The van der Waals surface area contributed by atoms with Crippen molar-refractivity contribution in [2.75, 3.05) is 6.61 Å². The van der Waals surface area contributed by atoms with E-state index in [1.54, 1.807) is 0 Å². The molecule has 0 aliphatic carbocycles. The number of aliphatic hydroxyl groups is 1. The second-order valence-electron chi connectivity index (χ2n) is 3.78. The first-order valence-corrected chi connectivity index (χ1v) is 4.68. The quantitative estimate of drug-likeness (QED) is 0.688. The fourth-order valence-electron chi connectivity index (χ4n) is 1.71. The number of hydrogen-bond acceptors (Lipinski definition) is 2. The highest BCUT2D eigenvalue weighted by Crippen LogP contribution is 2.31. The third-order valence-electron chi connectivity index (χ3n) is 2.67. The van der Waals surface area contributed by atoms with Gasteiger partial charge in [0.05, 0.1) is 12.7 Å². The Balaban J connectivity index is 2.13. The van der Waals surface area contributed by atoms with Crippen LogP contribution < -0.4 is 0 Å². The van der Waals surface area contributed by atoms with Crippen molar-refractivity contribution < 1.29 is 9.84 Å². The normalized spacial score (nSPS) is 34.8. The van der Waals surface area contributed by atoms with Crippen molar-refractivity contribution in [2.45, 2.75) is 31.5 Å². The van der Waals surface area contributed by atoms with E-state index in [-0.39, 0.29) is 6.10 Å². The second-order valence-corrected chi connectivity index (χ2v) is 3.78. The molecule has 1 fully saturated rings. The second kappa shape index (κ2) is 3.16. The summed E-state index contributed by atoms with van der Waals surface area (Å²) in [6, 6.07) is 3.80. The van der Waals surface area contributed by atoms with E-state index in [1.165, 1.54) is 0 Å². The first-order valence-electron chi connectivity index (χ1n) is 4.68. The van der Waals surface area contributed by atoms with Crippen LogP contribution in [-0.4, -0.2) is 22.8 Å². The zero-order valence-corrected chi connectivity index (χ0v) is 7.79. The molecule has 2 N–H and O–H groups in total. The molecule has 0 amide bonds. The van der Waals surface area contributed by atoms with Crippen LogP contribution in [-0.2, 0) is 10.3 Å². The summed E-state index contributed by atoms with van der Waals surface area (Å²) in [7, 11) is 0. The maximum absolute atomic E-state index is 10.2. The van der Waals surface area contributed by atoms with Gasteiger partial charge in [-0.1, -0.05) is 0 Å². The van der Waals surface area contributed by atoms with Crippen LogP contribution >= 0.6 is 0 Å². The van der Waals surface area contributed by atoms with Gasteiger partial charge in [0.2, 0.25) is 0 Å². The molecule has 1 aliphatic rings. The van der Waals surface area contributed by atoms with Gasteiger partial charge in [-0.15, -0.1) is 0 Å². The Morgan fingerprint density at radius 3 is 3.08 bits per heavy atom. The number of nitrogens with one attached hydrogen (secondary N) is 1. The number of aromatic nitrogens is 1. The third kappa shape index (κ3) is 1.62. The molecule has 72 valence electrons. The predicted octanol–water partition coefficient (Wildman–Crippen LogP) is 1.40. The van der Waals surface area contributed by atoms with Crippen molar-refractivity contribution in [2.24, 2.45) is 0 Å². The van der Waals surface area contributed by atoms with E-state index in [1.807, 2.05) is 25.3 Å². The summed E-state index contributed by atoms with van der Waals surface area (Å²) in [6.45, 7) is 2.43. The molecule has 2 rings (SSSR count). The van der Waals surface area contributed by atoms with E-state index in [4.69, 9.17) is 4.74 Å². The maximum Gasteiger partial charge on any atom is 0.127 e. The van der Waals surface area contributed by atoms with Crippen LogP contribution in [0, 0.1) is 0 Å². The maximum atomic E-state index is 10.2. The Morgan fingerprint density at radius 1 is 1.69 bits per heavy atom. The third-order valence-corrected chi connectivity index (χ3v) is 2.67. The van der Waals surface area contributed by atoms with Gasteiger partial charge in [-0.3, -0.25) is 0 Å². The Bertz CT molecular complexity index is 260. The minimum atomic E-state index is -0.796. The molecule has 1 aromatic heterocycles. The smallest absolute Gasteiger partial charge is 0.127 e. The summed E-state index contributed by atoms with van der Waals surface area (Å²) in [6.07, 6.45) is 3.78. The summed E-state index contributed by atoms with van der Waals surface area (Å²) in [5.74, 6) is 0. The van der Waals surface area contributed by atoms with Crippen molar-refractivity contribution in [3.63, 3.8) is 0 Å². The minimum Gasteiger partial charge on any atom is -0.381 e. The molecule has 1 aromatic rings. The molecular formula is C10H15NO2. The van der Waals surface area contributed by atoms with Crippen LogP contribution in [0.5, 0.6) is 0 Å². The number of hydrogen-bond donors (Lipinski definition) is 2. The van der Waals surface area contributed by atoms with E-state index in [0.717, 1.165) is 18.5 Å².